The van der Waals surface area contributed by atoms with Gasteiger partial charge in [0.1, 0.15) is 6.11 Å². The molecule has 0 saturated carbocycles. The molecule has 0 aliphatic rings. The van der Waals surface area contributed by atoms with Gasteiger partial charge in [0.15, 0.2) is 5.76 Å². The number of ether oxygens (including phenoxy) is 1. The molecule has 4 nitrogen and oxygen atoms in total. The van der Waals surface area contributed by atoms with Crippen LogP contribution in [0.5, 0.6) is 0 Å². The van der Waals surface area contributed by atoms with Crippen LogP contribution in [0, 0.1) is 19.6 Å². The second-order valence-corrected chi connectivity index (χ2v) is 1.71. The van der Waals surface area contributed by atoms with Crippen LogP contribution in [-0.2, 0) is 9.53 Å². The predicted octanol–water partition coefficient (Wildman–Crippen LogP) is -0.735. The Hall–Kier alpha value is -1.47. The molecule has 0 rings (SSSR count). The van der Waals surface area contributed by atoms with E-state index in [1.165, 1.54) is 12.2 Å². The molecule has 11 heavy (non-hydrogen) atoms. The first kappa shape index (κ1) is 9.53. The van der Waals surface area contributed by atoms with Gasteiger partial charge < -0.3 is 15.2 Å². The van der Waals surface area contributed by atoms with Gasteiger partial charge in [-0.2, -0.15) is 0 Å². The van der Waals surface area contributed by atoms with Crippen LogP contribution in [0.25, 0.3) is 0 Å². The summed E-state index contributed by atoms with van der Waals surface area (Å²) in [6.07, 6.45) is 6.39. The number of quaternary nitrogens is 1. The van der Waals surface area contributed by atoms with Gasteiger partial charge >= 0.3 is 5.97 Å². The van der Waals surface area contributed by atoms with Gasteiger partial charge in [0, 0.05) is 0 Å². The number of rotatable bonds is 2. The van der Waals surface area contributed by atoms with Crippen molar-refractivity contribution >= 4 is 5.97 Å². The van der Waals surface area contributed by atoms with Crippen molar-refractivity contribution in [3.05, 3.63) is 18.5 Å². The number of hydrogen-bond acceptors (Lipinski definition) is 3. The Bertz CT molecular complexity index is 220. The predicted molar refractivity (Wildman–Crippen MR) is 37.5 cm³/mol. The van der Waals surface area contributed by atoms with Crippen LogP contribution in [0.15, 0.2) is 11.5 Å². The number of nitrogens with two attached hydrogens (primary N) is 1. The standard InChI is InChI=1S/C7H9NO3/c1-4-11-7(10)6(8-3)5(2)9/h1,9H,3,8H2,2H3/b6-5+. The zero-order valence-corrected chi connectivity index (χ0v) is 6.13. The second-order valence-electron chi connectivity index (χ2n) is 1.71. The minimum atomic E-state index is -0.775. The van der Waals surface area contributed by atoms with Crippen LogP contribution in [0.4, 0.5) is 0 Å². The molecule has 0 aliphatic carbocycles. The molecule has 0 atom stereocenters. The first-order valence-electron chi connectivity index (χ1n) is 2.82. The first-order valence-corrected chi connectivity index (χ1v) is 2.82. The largest absolute Gasteiger partial charge is 0.506 e. The van der Waals surface area contributed by atoms with E-state index in [2.05, 4.69) is 11.8 Å². The number of carbonyl (C=O) groups is 1. The lowest BCUT2D eigenvalue weighted by Gasteiger charge is -2.01. The number of aliphatic hydroxyl groups is 1. The molecule has 0 aliphatic heterocycles. The van der Waals surface area contributed by atoms with Crippen LogP contribution >= 0.6 is 0 Å². The highest BCUT2D eigenvalue weighted by molar-refractivity contribution is 5.86. The summed E-state index contributed by atoms with van der Waals surface area (Å²) in [5.41, 5.74) is -0.0250. The van der Waals surface area contributed by atoms with E-state index in [0.29, 0.717) is 0 Å². The van der Waals surface area contributed by atoms with Gasteiger partial charge in [-0.05, 0) is 6.92 Å². The summed E-state index contributed by atoms with van der Waals surface area (Å²) in [4.78, 5) is 10.8. The third kappa shape index (κ3) is 2.74. The average molecular weight is 155 g/mol. The smallest absolute Gasteiger partial charge is 0.407 e. The Balaban J connectivity index is 4.44. The molecule has 0 unspecified atom stereocenters. The summed E-state index contributed by atoms with van der Waals surface area (Å²) in [6, 6.07) is 0. The minimum Gasteiger partial charge on any atom is -0.506 e. The van der Waals surface area contributed by atoms with E-state index < -0.39 is 5.97 Å². The van der Waals surface area contributed by atoms with Crippen LogP contribution in [-0.4, -0.2) is 11.1 Å². The molecule has 3 N–H and O–H groups in total. The lowest BCUT2D eigenvalue weighted by Crippen LogP contribution is -2.76. The van der Waals surface area contributed by atoms with Crippen LogP contribution in [0.3, 0.4) is 0 Å². The van der Waals surface area contributed by atoms with Crippen molar-refractivity contribution in [2.24, 2.45) is 0 Å². The Kier molecular flexibility index (Phi) is 3.78. The van der Waals surface area contributed by atoms with Crippen molar-refractivity contribution in [2.75, 3.05) is 0 Å². The van der Waals surface area contributed by atoms with E-state index in [4.69, 9.17) is 11.5 Å². The molecule has 0 bridgehead atoms. The van der Waals surface area contributed by atoms with Crippen LogP contribution in [0.1, 0.15) is 6.92 Å². The summed E-state index contributed by atoms with van der Waals surface area (Å²) >= 11 is 0. The van der Waals surface area contributed by atoms with E-state index in [9.17, 15) is 4.79 Å². The number of aliphatic hydroxyl groups excluding tert-OH is 1. The summed E-state index contributed by atoms with van der Waals surface area (Å²) < 4.78 is 4.16. The Labute approximate surface area is 64.9 Å². The van der Waals surface area contributed by atoms with Gasteiger partial charge in [0.25, 0.3) is 0 Å². The molecule has 0 aromatic rings. The summed E-state index contributed by atoms with van der Waals surface area (Å²) in [5.74, 6) is -0.942. The first-order chi connectivity index (χ1) is 5.13. The fourth-order valence-electron chi connectivity index (χ4n) is 0.487. The number of esters is 1. The second kappa shape index (κ2) is 4.36. The molecule has 0 spiro atoms. The highest BCUT2D eigenvalue weighted by Crippen LogP contribution is 1.93. The normalized spacial score (nSPS) is 11.4. The lowest BCUT2D eigenvalue weighted by molar-refractivity contribution is -0.540. The molecular formula is C7H9NO3. The zero-order valence-electron chi connectivity index (χ0n) is 6.13. The van der Waals surface area contributed by atoms with Gasteiger partial charge in [-0.25, -0.2) is 4.79 Å². The summed E-state index contributed by atoms with van der Waals surface area (Å²) in [7, 11) is 3.30. The third-order valence-electron chi connectivity index (χ3n) is 0.965. The Morgan fingerprint density at radius 1 is 1.82 bits per heavy atom. The van der Waals surface area contributed by atoms with Crippen molar-refractivity contribution in [3.8, 4) is 12.5 Å². The van der Waals surface area contributed by atoms with Gasteiger partial charge in [-0.3, -0.25) is 0 Å². The van der Waals surface area contributed by atoms with E-state index in [-0.39, 0.29) is 11.5 Å². The maximum Gasteiger partial charge on any atom is 0.407 e. The Morgan fingerprint density at radius 3 is 2.64 bits per heavy atom. The van der Waals surface area contributed by atoms with Crippen LogP contribution in [0.2, 0.25) is 0 Å². The fraction of sp³-hybridized carbons (Fsp3) is 0.143. The minimum absolute atomic E-state index is 0.0250. The number of allylic oxidation sites excluding steroid dienone is 1. The zero-order chi connectivity index (χ0) is 8.85. The Morgan fingerprint density at radius 2 is 2.36 bits per heavy atom. The van der Waals surface area contributed by atoms with Gasteiger partial charge in [-0.1, -0.05) is 6.42 Å². The van der Waals surface area contributed by atoms with E-state index >= 15 is 0 Å². The molecule has 0 saturated heterocycles. The van der Waals surface area contributed by atoms with Crippen molar-refractivity contribution in [3.63, 3.8) is 0 Å². The average Bonchev–Trinajstić information content (AvgIpc) is 1.88. The van der Waals surface area contributed by atoms with Crippen molar-refractivity contribution in [2.45, 2.75) is 6.92 Å². The third-order valence-corrected chi connectivity index (χ3v) is 0.965. The topological polar surface area (TPSA) is 63.1 Å². The van der Waals surface area contributed by atoms with Crippen molar-refractivity contribution < 1.29 is 20.0 Å². The molecular weight excluding hydrogens is 146 g/mol. The van der Waals surface area contributed by atoms with E-state index in [0.717, 1.165) is 0 Å². The van der Waals surface area contributed by atoms with Crippen molar-refractivity contribution in [1.82, 2.24) is 0 Å². The monoisotopic (exact) mass is 155 g/mol. The molecule has 0 heterocycles. The number of hydrogen-bond donors (Lipinski definition) is 2. The summed E-state index contributed by atoms with van der Waals surface area (Å²) in [6.45, 7) is 1.34. The quantitative estimate of drug-likeness (QED) is 0.181. The highest BCUT2D eigenvalue weighted by Gasteiger charge is 2.14. The molecule has 0 radical (unpaired) electrons. The maximum absolute atomic E-state index is 10.8. The van der Waals surface area contributed by atoms with Gasteiger partial charge in [0.05, 0.1) is 0 Å². The van der Waals surface area contributed by atoms with E-state index in [1.807, 2.05) is 0 Å². The molecule has 0 amide bonds. The van der Waals surface area contributed by atoms with Gasteiger partial charge in [0.2, 0.25) is 5.70 Å². The van der Waals surface area contributed by atoms with E-state index in [1.54, 1.807) is 6.11 Å². The molecule has 0 fully saturated rings. The maximum atomic E-state index is 10.8. The van der Waals surface area contributed by atoms with Crippen LogP contribution < -0.4 is 5.32 Å². The SMILES string of the molecule is C#COC(=O)/C([NH2+][CH2-])=C(/C)O. The molecule has 4 heteroatoms. The summed E-state index contributed by atoms with van der Waals surface area (Å²) in [5, 5.41) is 10.0. The van der Waals surface area contributed by atoms with Crippen molar-refractivity contribution in [1.29, 1.82) is 0 Å². The highest BCUT2D eigenvalue weighted by atomic mass is 16.5. The molecule has 0 aromatic carbocycles. The molecule has 0 aromatic heterocycles. The number of carbonyl (C=O) groups excluding carboxylic acids is 1. The fourth-order valence-corrected chi connectivity index (χ4v) is 0.487. The lowest BCUT2D eigenvalue weighted by atomic mass is 10.4. The molecule has 60 valence electrons. The van der Waals surface area contributed by atoms with Gasteiger partial charge in [-0.15, -0.1) is 7.05 Å². The number of terminal acetylenes is 1.